The van der Waals surface area contributed by atoms with Crippen LogP contribution < -0.4 is 5.32 Å². The van der Waals surface area contributed by atoms with Crippen molar-refractivity contribution in [2.24, 2.45) is 0 Å². The number of amides is 1. The first-order valence-electron chi connectivity index (χ1n) is 8.21. The van der Waals surface area contributed by atoms with Crippen molar-refractivity contribution in [2.75, 3.05) is 18.4 Å². The summed E-state index contributed by atoms with van der Waals surface area (Å²) in [4.78, 5) is 24.9. The average Bonchev–Trinajstić information content (AvgIpc) is 2.60. The van der Waals surface area contributed by atoms with Crippen molar-refractivity contribution in [3.8, 4) is 0 Å². The van der Waals surface area contributed by atoms with Crippen molar-refractivity contribution in [3.05, 3.63) is 65.2 Å². The number of carboxylic acids is 1. The molecule has 0 fully saturated rings. The van der Waals surface area contributed by atoms with Gasteiger partial charge in [-0.3, -0.25) is 9.69 Å². The Balaban J connectivity index is 2.06. The highest BCUT2D eigenvalue weighted by atomic mass is 19.4. The lowest BCUT2D eigenvalue weighted by Gasteiger charge is -2.21. The lowest BCUT2D eigenvalue weighted by atomic mass is 10.1. The zero-order valence-electron chi connectivity index (χ0n) is 14.6. The summed E-state index contributed by atoms with van der Waals surface area (Å²) in [6, 6.07) is 11.1. The first kappa shape index (κ1) is 20.4. The molecule has 0 unspecified atom stereocenters. The number of likely N-dealkylation sites (N-methyl/N-ethyl adjacent to an activating group) is 1. The Morgan fingerprint density at radius 1 is 1.11 bits per heavy atom. The molecule has 0 aromatic heterocycles. The number of carbonyl (C=O) groups is 2. The Morgan fingerprint density at radius 3 is 2.44 bits per heavy atom. The molecule has 1 amide bonds. The largest absolute Gasteiger partial charge is 0.478 e. The maximum Gasteiger partial charge on any atom is 0.418 e. The quantitative estimate of drug-likeness (QED) is 0.765. The van der Waals surface area contributed by atoms with Crippen LogP contribution >= 0.6 is 0 Å². The number of nitrogens with zero attached hydrogens (tertiary/aromatic N) is 1. The summed E-state index contributed by atoms with van der Waals surface area (Å²) in [5.41, 5.74) is -0.373. The van der Waals surface area contributed by atoms with Crippen LogP contribution in [0.1, 0.15) is 28.4 Å². The summed E-state index contributed by atoms with van der Waals surface area (Å²) in [6.07, 6.45) is -4.56. The molecule has 0 radical (unpaired) electrons. The zero-order chi connectivity index (χ0) is 20.0. The number of para-hydroxylation sites is 1. The van der Waals surface area contributed by atoms with Crippen LogP contribution in [-0.2, 0) is 17.5 Å². The van der Waals surface area contributed by atoms with Gasteiger partial charge in [0.15, 0.2) is 0 Å². The first-order valence-corrected chi connectivity index (χ1v) is 8.21. The number of carboxylic acid groups (broad SMARTS) is 1. The van der Waals surface area contributed by atoms with Gasteiger partial charge in [0.25, 0.3) is 0 Å². The first-order chi connectivity index (χ1) is 12.7. The standard InChI is InChI=1S/C19H19F3N2O3/c1-2-24(11-13-6-5-7-14(10-13)18(26)27)12-17(25)23-16-9-4-3-8-15(16)19(20,21)22/h3-10H,2,11-12H2,1H3,(H,23,25)(H,26,27). The van der Waals surface area contributed by atoms with Crippen LogP contribution in [-0.4, -0.2) is 35.0 Å². The van der Waals surface area contributed by atoms with Crippen LogP contribution in [0.4, 0.5) is 18.9 Å². The molecule has 2 aromatic carbocycles. The number of hydrogen-bond acceptors (Lipinski definition) is 3. The number of nitrogens with one attached hydrogen (secondary N) is 1. The van der Waals surface area contributed by atoms with E-state index in [4.69, 9.17) is 5.11 Å². The SMILES string of the molecule is CCN(CC(=O)Nc1ccccc1C(F)(F)F)Cc1cccc(C(=O)O)c1. The van der Waals surface area contributed by atoms with E-state index in [1.54, 1.807) is 24.0 Å². The fraction of sp³-hybridized carbons (Fsp3) is 0.263. The molecule has 2 rings (SSSR count). The van der Waals surface area contributed by atoms with Crippen molar-refractivity contribution in [2.45, 2.75) is 19.6 Å². The Hall–Kier alpha value is -2.87. The summed E-state index contributed by atoms with van der Waals surface area (Å²) in [5, 5.41) is 11.3. The highest BCUT2D eigenvalue weighted by Gasteiger charge is 2.33. The van der Waals surface area contributed by atoms with Crippen LogP contribution in [0.3, 0.4) is 0 Å². The fourth-order valence-electron chi connectivity index (χ4n) is 2.57. The lowest BCUT2D eigenvalue weighted by molar-refractivity contribution is -0.137. The molecule has 0 saturated carbocycles. The molecule has 5 nitrogen and oxygen atoms in total. The van der Waals surface area contributed by atoms with Crippen LogP contribution in [0, 0.1) is 0 Å². The summed E-state index contributed by atoms with van der Waals surface area (Å²) in [6.45, 7) is 2.44. The van der Waals surface area contributed by atoms with E-state index in [1.165, 1.54) is 30.3 Å². The third kappa shape index (κ3) is 5.82. The minimum absolute atomic E-state index is 0.125. The topological polar surface area (TPSA) is 69.6 Å². The Labute approximate surface area is 154 Å². The molecular weight excluding hydrogens is 361 g/mol. The van der Waals surface area contributed by atoms with E-state index in [0.29, 0.717) is 18.7 Å². The monoisotopic (exact) mass is 380 g/mol. The van der Waals surface area contributed by atoms with E-state index in [2.05, 4.69) is 5.32 Å². The van der Waals surface area contributed by atoms with E-state index < -0.39 is 23.6 Å². The summed E-state index contributed by atoms with van der Waals surface area (Å²) in [7, 11) is 0. The summed E-state index contributed by atoms with van der Waals surface area (Å²) < 4.78 is 39.0. The second kappa shape index (κ2) is 8.68. The van der Waals surface area contributed by atoms with Gasteiger partial charge in [0.2, 0.25) is 5.91 Å². The van der Waals surface area contributed by atoms with Gasteiger partial charge in [-0.2, -0.15) is 13.2 Å². The molecule has 0 aliphatic carbocycles. The molecular formula is C19H19F3N2O3. The fourth-order valence-corrected chi connectivity index (χ4v) is 2.57. The molecule has 0 aliphatic heterocycles. The number of anilines is 1. The predicted molar refractivity (Wildman–Crippen MR) is 94.4 cm³/mol. The molecule has 144 valence electrons. The zero-order valence-corrected chi connectivity index (χ0v) is 14.6. The Bertz CT molecular complexity index is 822. The van der Waals surface area contributed by atoms with Crippen molar-refractivity contribution in [1.82, 2.24) is 4.90 Å². The van der Waals surface area contributed by atoms with Gasteiger partial charge in [0.1, 0.15) is 0 Å². The van der Waals surface area contributed by atoms with Gasteiger partial charge >= 0.3 is 12.1 Å². The highest BCUT2D eigenvalue weighted by Crippen LogP contribution is 2.34. The van der Waals surface area contributed by atoms with Gasteiger partial charge < -0.3 is 10.4 Å². The second-order valence-electron chi connectivity index (χ2n) is 5.90. The lowest BCUT2D eigenvalue weighted by Crippen LogP contribution is -2.33. The number of hydrogen-bond donors (Lipinski definition) is 2. The Kier molecular flexibility index (Phi) is 6.57. The minimum Gasteiger partial charge on any atom is -0.478 e. The van der Waals surface area contributed by atoms with Gasteiger partial charge in [-0.15, -0.1) is 0 Å². The van der Waals surface area contributed by atoms with Crippen LogP contribution in [0.25, 0.3) is 0 Å². The normalized spacial score (nSPS) is 11.4. The third-order valence-corrected chi connectivity index (χ3v) is 3.90. The number of aromatic carboxylic acids is 1. The minimum atomic E-state index is -4.56. The molecule has 0 saturated heterocycles. The van der Waals surface area contributed by atoms with Crippen molar-refractivity contribution in [3.63, 3.8) is 0 Å². The van der Waals surface area contributed by atoms with Crippen molar-refractivity contribution in [1.29, 1.82) is 0 Å². The van der Waals surface area contributed by atoms with Gasteiger partial charge in [0.05, 0.1) is 23.4 Å². The van der Waals surface area contributed by atoms with Gasteiger partial charge in [-0.05, 0) is 36.4 Å². The number of alkyl halides is 3. The smallest absolute Gasteiger partial charge is 0.418 e. The predicted octanol–water partition coefficient (Wildman–Crippen LogP) is 3.86. The summed E-state index contributed by atoms with van der Waals surface area (Å²) in [5.74, 6) is -1.63. The second-order valence-corrected chi connectivity index (χ2v) is 5.90. The molecule has 8 heteroatoms. The molecule has 2 aromatic rings. The maximum atomic E-state index is 13.0. The van der Waals surface area contributed by atoms with Crippen LogP contribution in [0.5, 0.6) is 0 Å². The van der Waals surface area contributed by atoms with Crippen molar-refractivity contribution < 1.29 is 27.9 Å². The van der Waals surface area contributed by atoms with Crippen LogP contribution in [0.15, 0.2) is 48.5 Å². The number of benzene rings is 2. The molecule has 0 spiro atoms. The molecule has 27 heavy (non-hydrogen) atoms. The van der Waals surface area contributed by atoms with E-state index in [0.717, 1.165) is 6.07 Å². The van der Waals surface area contributed by atoms with Gasteiger partial charge in [-0.1, -0.05) is 31.2 Å². The maximum absolute atomic E-state index is 13.0. The average molecular weight is 380 g/mol. The van der Waals surface area contributed by atoms with Gasteiger partial charge in [-0.25, -0.2) is 4.79 Å². The van der Waals surface area contributed by atoms with Gasteiger partial charge in [0, 0.05) is 6.54 Å². The van der Waals surface area contributed by atoms with E-state index in [9.17, 15) is 22.8 Å². The molecule has 2 N–H and O–H groups in total. The molecule has 0 aliphatic rings. The van der Waals surface area contributed by atoms with E-state index in [-0.39, 0.29) is 17.8 Å². The van der Waals surface area contributed by atoms with E-state index in [1.807, 2.05) is 0 Å². The number of halogens is 3. The van der Waals surface area contributed by atoms with Crippen molar-refractivity contribution >= 4 is 17.6 Å². The molecule has 0 atom stereocenters. The molecule has 0 bridgehead atoms. The highest BCUT2D eigenvalue weighted by molar-refractivity contribution is 5.93. The number of carbonyl (C=O) groups excluding carboxylic acids is 1. The Morgan fingerprint density at radius 2 is 1.81 bits per heavy atom. The molecule has 0 heterocycles. The van der Waals surface area contributed by atoms with Crippen LogP contribution in [0.2, 0.25) is 0 Å². The van der Waals surface area contributed by atoms with E-state index >= 15 is 0 Å². The number of rotatable bonds is 7. The summed E-state index contributed by atoms with van der Waals surface area (Å²) >= 11 is 0. The third-order valence-electron chi connectivity index (χ3n) is 3.90.